The molecule has 0 aliphatic carbocycles. The summed E-state index contributed by atoms with van der Waals surface area (Å²) in [7, 11) is 3.41. The summed E-state index contributed by atoms with van der Waals surface area (Å²) < 4.78 is 16.9. The summed E-state index contributed by atoms with van der Waals surface area (Å²) >= 11 is 0. The van der Waals surface area contributed by atoms with Crippen LogP contribution < -0.4 is 14.8 Å². The Morgan fingerprint density at radius 3 is 2.42 bits per heavy atom. The van der Waals surface area contributed by atoms with Gasteiger partial charge < -0.3 is 19.5 Å². The Morgan fingerprint density at radius 1 is 1.21 bits per heavy atom. The van der Waals surface area contributed by atoms with Crippen LogP contribution in [0.15, 0.2) is 12.1 Å². The van der Waals surface area contributed by atoms with Gasteiger partial charge in [0.1, 0.15) is 11.5 Å². The molecule has 0 amide bonds. The van der Waals surface area contributed by atoms with Crippen molar-refractivity contribution in [1.29, 1.82) is 0 Å². The minimum Gasteiger partial charge on any atom is -0.496 e. The molecule has 0 bridgehead atoms. The van der Waals surface area contributed by atoms with Crippen molar-refractivity contribution < 1.29 is 14.2 Å². The van der Waals surface area contributed by atoms with E-state index in [4.69, 9.17) is 14.2 Å². The van der Waals surface area contributed by atoms with Crippen molar-refractivity contribution in [2.75, 3.05) is 33.9 Å². The van der Waals surface area contributed by atoms with Gasteiger partial charge in [-0.25, -0.2) is 0 Å². The largest absolute Gasteiger partial charge is 0.496 e. The normalized spacial score (nSPS) is 19.5. The minimum absolute atomic E-state index is 0.0243. The van der Waals surface area contributed by atoms with Crippen molar-refractivity contribution in [1.82, 2.24) is 5.32 Å². The molecule has 19 heavy (non-hydrogen) atoms. The molecule has 1 unspecified atom stereocenters. The van der Waals surface area contributed by atoms with E-state index in [1.807, 2.05) is 12.1 Å². The van der Waals surface area contributed by atoms with E-state index in [0.717, 1.165) is 36.8 Å². The number of methoxy groups -OCH3 is 2. The van der Waals surface area contributed by atoms with Crippen LogP contribution >= 0.6 is 0 Å². The molecule has 1 atom stereocenters. The molecule has 1 aromatic rings. The number of hydrogen-bond donors (Lipinski definition) is 1. The lowest BCUT2D eigenvalue weighted by Crippen LogP contribution is -2.34. The van der Waals surface area contributed by atoms with Gasteiger partial charge in [0, 0.05) is 24.2 Å². The predicted molar refractivity (Wildman–Crippen MR) is 75.2 cm³/mol. The third-order valence-electron chi connectivity index (χ3n) is 3.47. The first-order chi connectivity index (χ1) is 9.19. The van der Waals surface area contributed by atoms with Crippen molar-refractivity contribution in [2.45, 2.75) is 25.9 Å². The van der Waals surface area contributed by atoms with Crippen molar-refractivity contribution in [2.24, 2.45) is 0 Å². The Kier molecular flexibility index (Phi) is 4.66. The Bertz CT molecular complexity index is 426. The first-order valence-electron chi connectivity index (χ1n) is 6.76. The van der Waals surface area contributed by atoms with Gasteiger partial charge in [0.15, 0.2) is 0 Å². The van der Waals surface area contributed by atoms with Crippen LogP contribution in [0.5, 0.6) is 11.5 Å². The molecular weight excluding hydrogens is 242 g/mol. The number of ether oxygens (including phenoxy) is 3. The molecule has 1 heterocycles. The van der Waals surface area contributed by atoms with Gasteiger partial charge in [-0.2, -0.15) is 0 Å². The maximum absolute atomic E-state index is 5.90. The highest BCUT2D eigenvalue weighted by Crippen LogP contribution is 2.40. The van der Waals surface area contributed by atoms with E-state index >= 15 is 0 Å². The molecular formula is C15H23NO3. The van der Waals surface area contributed by atoms with Gasteiger partial charge in [-0.15, -0.1) is 0 Å². The predicted octanol–water partition coefficient (Wildman–Crippen LogP) is 2.49. The topological polar surface area (TPSA) is 39.7 Å². The maximum Gasteiger partial charge on any atom is 0.125 e. The number of morpholine rings is 1. The zero-order valence-electron chi connectivity index (χ0n) is 12.2. The van der Waals surface area contributed by atoms with Crippen molar-refractivity contribution in [3.05, 3.63) is 23.3 Å². The summed E-state index contributed by atoms with van der Waals surface area (Å²) in [5.41, 5.74) is 2.29. The second-order valence-electron chi connectivity index (χ2n) is 5.02. The Balaban J connectivity index is 2.52. The first-order valence-corrected chi connectivity index (χ1v) is 6.76. The van der Waals surface area contributed by atoms with Crippen LogP contribution in [0.2, 0.25) is 0 Å². The monoisotopic (exact) mass is 265 g/mol. The van der Waals surface area contributed by atoms with Gasteiger partial charge in [-0.3, -0.25) is 0 Å². The number of nitrogens with one attached hydrogen (secondary N) is 1. The second kappa shape index (κ2) is 6.26. The Morgan fingerprint density at radius 2 is 1.89 bits per heavy atom. The van der Waals surface area contributed by atoms with Crippen LogP contribution in [0.4, 0.5) is 0 Å². The molecule has 106 valence electrons. The fourth-order valence-electron chi connectivity index (χ4n) is 2.63. The van der Waals surface area contributed by atoms with E-state index in [9.17, 15) is 0 Å². The van der Waals surface area contributed by atoms with E-state index < -0.39 is 0 Å². The quantitative estimate of drug-likeness (QED) is 0.908. The van der Waals surface area contributed by atoms with Crippen molar-refractivity contribution >= 4 is 0 Å². The summed E-state index contributed by atoms with van der Waals surface area (Å²) in [6.45, 7) is 6.76. The van der Waals surface area contributed by atoms with Crippen LogP contribution in [-0.4, -0.2) is 33.9 Å². The van der Waals surface area contributed by atoms with Gasteiger partial charge >= 0.3 is 0 Å². The third kappa shape index (κ3) is 2.85. The van der Waals surface area contributed by atoms with Gasteiger partial charge in [0.05, 0.1) is 26.9 Å². The maximum atomic E-state index is 5.90. The first kappa shape index (κ1) is 14.2. The summed E-state index contributed by atoms with van der Waals surface area (Å²) in [4.78, 5) is 0. The van der Waals surface area contributed by atoms with Crippen LogP contribution in [0.3, 0.4) is 0 Å². The zero-order valence-corrected chi connectivity index (χ0v) is 12.2. The number of benzene rings is 1. The van der Waals surface area contributed by atoms with E-state index in [1.54, 1.807) is 14.2 Å². The van der Waals surface area contributed by atoms with E-state index in [2.05, 4.69) is 19.2 Å². The van der Waals surface area contributed by atoms with Crippen molar-refractivity contribution in [3.63, 3.8) is 0 Å². The molecule has 0 radical (unpaired) electrons. The lowest BCUT2D eigenvalue weighted by atomic mass is 9.91. The van der Waals surface area contributed by atoms with E-state index in [0.29, 0.717) is 5.92 Å². The average molecular weight is 265 g/mol. The summed E-state index contributed by atoms with van der Waals surface area (Å²) in [5, 5.41) is 3.37. The second-order valence-corrected chi connectivity index (χ2v) is 5.02. The van der Waals surface area contributed by atoms with Crippen LogP contribution in [0.25, 0.3) is 0 Å². The zero-order chi connectivity index (χ0) is 13.8. The molecule has 0 saturated carbocycles. The smallest absolute Gasteiger partial charge is 0.125 e. The fraction of sp³-hybridized carbons (Fsp3) is 0.600. The molecule has 1 aliphatic rings. The van der Waals surface area contributed by atoms with Crippen LogP contribution in [-0.2, 0) is 4.74 Å². The molecule has 1 N–H and O–H groups in total. The molecule has 2 rings (SSSR count). The standard InChI is InChI=1S/C15H23NO3/c1-10(2)14-11(17-3)5-6-12(18-4)15(14)13-9-16-7-8-19-13/h5-6,10,13,16H,7-9H2,1-4H3. The fourth-order valence-corrected chi connectivity index (χ4v) is 2.63. The Labute approximate surface area is 115 Å². The summed E-state index contributed by atoms with van der Waals surface area (Å²) in [6, 6.07) is 3.92. The van der Waals surface area contributed by atoms with E-state index in [1.165, 1.54) is 5.56 Å². The SMILES string of the molecule is COc1ccc(OC)c(C2CNCCO2)c1C(C)C. The number of hydrogen-bond acceptors (Lipinski definition) is 4. The molecule has 1 aromatic carbocycles. The molecule has 0 spiro atoms. The number of rotatable bonds is 4. The highest BCUT2D eigenvalue weighted by molar-refractivity contribution is 5.51. The van der Waals surface area contributed by atoms with Crippen LogP contribution in [0, 0.1) is 0 Å². The lowest BCUT2D eigenvalue weighted by molar-refractivity contribution is 0.0254. The van der Waals surface area contributed by atoms with Gasteiger partial charge in [0.2, 0.25) is 0 Å². The van der Waals surface area contributed by atoms with Gasteiger partial charge in [-0.05, 0) is 18.1 Å². The highest BCUT2D eigenvalue weighted by Gasteiger charge is 2.26. The van der Waals surface area contributed by atoms with Gasteiger partial charge in [-0.1, -0.05) is 13.8 Å². The molecule has 4 nitrogen and oxygen atoms in total. The van der Waals surface area contributed by atoms with Crippen molar-refractivity contribution in [3.8, 4) is 11.5 Å². The molecule has 4 heteroatoms. The Hall–Kier alpha value is -1.26. The molecule has 1 fully saturated rings. The van der Waals surface area contributed by atoms with Crippen LogP contribution in [0.1, 0.15) is 37.0 Å². The minimum atomic E-state index is 0.0243. The average Bonchev–Trinajstić information content (AvgIpc) is 2.46. The lowest BCUT2D eigenvalue weighted by Gasteiger charge is -2.29. The summed E-state index contributed by atoms with van der Waals surface area (Å²) in [5.74, 6) is 2.13. The molecule has 0 aromatic heterocycles. The van der Waals surface area contributed by atoms with Gasteiger partial charge in [0.25, 0.3) is 0 Å². The van der Waals surface area contributed by atoms with E-state index in [-0.39, 0.29) is 6.10 Å². The summed E-state index contributed by atoms with van der Waals surface area (Å²) in [6.07, 6.45) is 0.0243. The third-order valence-corrected chi connectivity index (χ3v) is 3.47. The highest BCUT2D eigenvalue weighted by atomic mass is 16.5. The molecule has 1 aliphatic heterocycles. The molecule has 1 saturated heterocycles.